The lowest BCUT2D eigenvalue weighted by Crippen LogP contribution is -2.20. The van der Waals surface area contributed by atoms with Crippen molar-refractivity contribution in [1.29, 1.82) is 0 Å². The van der Waals surface area contributed by atoms with Crippen molar-refractivity contribution in [2.75, 3.05) is 20.1 Å². The minimum atomic E-state index is 1.03. The van der Waals surface area contributed by atoms with Crippen LogP contribution in [0.5, 0.6) is 0 Å². The molecule has 0 atom stereocenters. The van der Waals surface area contributed by atoms with Crippen molar-refractivity contribution in [1.82, 2.24) is 14.7 Å². The van der Waals surface area contributed by atoms with Gasteiger partial charge in [-0.05, 0) is 39.0 Å². The molecule has 0 aliphatic carbocycles. The van der Waals surface area contributed by atoms with Gasteiger partial charge in [0.25, 0.3) is 0 Å². The summed E-state index contributed by atoms with van der Waals surface area (Å²) in [5, 5.41) is 4.24. The molecule has 0 saturated carbocycles. The van der Waals surface area contributed by atoms with Crippen LogP contribution in [0.25, 0.3) is 0 Å². The second-order valence-electron chi connectivity index (χ2n) is 3.53. The van der Waals surface area contributed by atoms with Gasteiger partial charge in [-0.2, -0.15) is 5.10 Å². The van der Waals surface area contributed by atoms with E-state index >= 15 is 0 Å². The molecule has 1 aromatic heterocycles. The van der Waals surface area contributed by atoms with Gasteiger partial charge in [0.15, 0.2) is 0 Å². The Balaban J connectivity index is 2.20. The van der Waals surface area contributed by atoms with Crippen LogP contribution in [0.1, 0.15) is 18.9 Å². The Morgan fingerprint density at radius 2 is 2.31 bits per heavy atom. The van der Waals surface area contributed by atoms with Crippen LogP contribution >= 0.6 is 0 Å². The van der Waals surface area contributed by atoms with Gasteiger partial charge in [0.1, 0.15) is 0 Å². The maximum absolute atomic E-state index is 4.24. The van der Waals surface area contributed by atoms with Crippen LogP contribution in [0.3, 0.4) is 0 Å². The first-order chi connectivity index (χ1) is 6.22. The zero-order valence-corrected chi connectivity index (χ0v) is 8.82. The van der Waals surface area contributed by atoms with Crippen LogP contribution in [0.4, 0.5) is 0 Å². The van der Waals surface area contributed by atoms with Crippen molar-refractivity contribution in [3.63, 3.8) is 0 Å². The second kappa shape index (κ2) is 5.02. The van der Waals surface area contributed by atoms with E-state index in [0.717, 1.165) is 19.6 Å². The summed E-state index contributed by atoms with van der Waals surface area (Å²) >= 11 is 0. The third-order valence-corrected chi connectivity index (χ3v) is 2.23. The van der Waals surface area contributed by atoms with Gasteiger partial charge in [-0.15, -0.1) is 0 Å². The molecule has 1 aromatic rings. The Labute approximate surface area is 80.4 Å². The Morgan fingerprint density at radius 3 is 2.85 bits per heavy atom. The van der Waals surface area contributed by atoms with E-state index < -0.39 is 0 Å². The SMILES string of the molecule is CCN(C)CCCn1cc(C)cn1. The summed E-state index contributed by atoms with van der Waals surface area (Å²) in [5.74, 6) is 0. The van der Waals surface area contributed by atoms with E-state index in [4.69, 9.17) is 0 Å². The van der Waals surface area contributed by atoms with Gasteiger partial charge in [0.2, 0.25) is 0 Å². The lowest BCUT2D eigenvalue weighted by molar-refractivity contribution is 0.334. The van der Waals surface area contributed by atoms with Gasteiger partial charge >= 0.3 is 0 Å². The van der Waals surface area contributed by atoms with Gasteiger partial charge in [-0.3, -0.25) is 4.68 Å². The molecule has 0 aliphatic rings. The molecular formula is C10H19N3. The fourth-order valence-electron chi connectivity index (χ4n) is 1.25. The summed E-state index contributed by atoms with van der Waals surface area (Å²) in [7, 11) is 2.15. The number of nitrogens with zero attached hydrogens (tertiary/aromatic N) is 3. The molecule has 1 heterocycles. The predicted molar refractivity (Wildman–Crippen MR) is 54.8 cm³/mol. The number of hydrogen-bond donors (Lipinski definition) is 0. The molecule has 0 bridgehead atoms. The normalized spacial score (nSPS) is 11.1. The zero-order valence-electron chi connectivity index (χ0n) is 8.82. The first-order valence-corrected chi connectivity index (χ1v) is 4.90. The monoisotopic (exact) mass is 181 g/mol. The topological polar surface area (TPSA) is 21.1 Å². The number of aryl methyl sites for hydroxylation is 2. The Hall–Kier alpha value is -0.830. The average Bonchev–Trinajstić information content (AvgIpc) is 2.51. The minimum Gasteiger partial charge on any atom is -0.307 e. The molecule has 0 radical (unpaired) electrons. The van der Waals surface area contributed by atoms with Crippen LogP contribution < -0.4 is 0 Å². The summed E-state index contributed by atoms with van der Waals surface area (Å²) in [6, 6.07) is 0. The molecule has 0 saturated heterocycles. The molecule has 3 nitrogen and oxygen atoms in total. The minimum absolute atomic E-state index is 1.03. The molecule has 0 aliphatic heterocycles. The summed E-state index contributed by atoms with van der Waals surface area (Å²) in [5.41, 5.74) is 1.24. The molecule has 1 rings (SSSR count). The van der Waals surface area contributed by atoms with Crippen molar-refractivity contribution < 1.29 is 0 Å². The van der Waals surface area contributed by atoms with E-state index in [1.165, 1.54) is 12.0 Å². The fraction of sp³-hybridized carbons (Fsp3) is 0.700. The van der Waals surface area contributed by atoms with Crippen molar-refractivity contribution >= 4 is 0 Å². The van der Waals surface area contributed by atoms with Crippen molar-refractivity contribution in [2.24, 2.45) is 0 Å². The van der Waals surface area contributed by atoms with Gasteiger partial charge in [0.05, 0.1) is 6.20 Å². The third-order valence-electron chi connectivity index (χ3n) is 2.23. The van der Waals surface area contributed by atoms with Crippen LogP contribution in [-0.2, 0) is 6.54 Å². The van der Waals surface area contributed by atoms with E-state index in [9.17, 15) is 0 Å². The molecule has 0 amide bonds. The molecule has 0 unspecified atom stereocenters. The predicted octanol–water partition coefficient (Wildman–Crippen LogP) is 1.53. The lowest BCUT2D eigenvalue weighted by Gasteiger charge is -2.12. The summed E-state index contributed by atoms with van der Waals surface area (Å²) < 4.78 is 2.01. The van der Waals surface area contributed by atoms with E-state index in [1.54, 1.807) is 0 Å². The Morgan fingerprint density at radius 1 is 1.54 bits per heavy atom. The van der Waals surface area contributed by atoms with Gasteiger partial charge < -0.3 is 4.90 Å². The highest BCUT2D eigenvalue weighted by Crippen LogP contribution is 1.96. The quantitative estimate of drug-likeness (QED) is 0.687. The molecular weight excluding hydrogens is 162 g/mol. The summed E-state index contributed by atoms with van der Waals surface area (Å²) in [4.78, 5) is 2.32. The molecule has 0 fully saturated rings. The smallest absolute Gasteiger partial charge is 0.0518 e. The van der Waals surface area contributed by atoms with Crippen LogP contribution in [0.2, 0.25) is 0 Å². The van der Waals surface area contributed by atoms with Crippen molar-refractivity contribution in [2.45, 2.75) is 26.8 Å². The molecule has 0 spiro atoms. The van der Waals surface area contributed by atoms with Gasteiger partial charge in [-0.1, -0.05) is 6.92 Å². The number of rotatable bonds is 5. The highest BCUT2D eigenvalue weighted by Gasteiger charge is 1.96. The van der Waals surface area contributed by atoms with Gasteiger partial charge in [-0.25, -0.2) is 0 Å². The van der Waals surface area contributed by atoms with E-state index in [2.05, 4.69) is 37.1 Å². The highest BCUT2D eigenvalue weighted by molar-refractivity contribution is 4.99. The standard InChI is InChI=1S/C10H19N3/c1-4-12(3)6-5-7-13-9-10(2)8-11-13/h8-9H,4-7H2,1-3H3. The molecule has 0 aromatic carbocycles. The van der Waals surface area contributed by atoms with Gasteiger partial charge in [0, 0.05) is 12.7 Å². The van der Waals surface area contributed by atoms with Crippen LogP contribution in [0.15, 0.2) is 12.4 Å². The van der Waals surface area contributed by atoms with E-state index in [0.29, 0.717) is 0 Å². The number of aromatic nitrogens is 2. The average molecular weight is 181 g/mol. The van der Waals surface area contributed by atoms with Crippen molar-refractivity contribution in [3.05, 3.63) is 18.0 Å². The maximum Gasteiger partial charge on any atom is 0.0518 e. The Bertz CT molecular complexity index is 242. The first-order valence-electron chi connectivity index (χ1n) is 4.90. The highest BCUT2D eigenvalue weighted by atomic mass is 15.3. The molecule has 13 heavy (non-hydrogen) atoms. The van der Waals surface area contributed by atoms with Crippen LogP contribution in [0, 0.1) is 6.92 Å². The first kappa shape index (κ1) is 10.3. The zero-order chi connectivity index (χ0) is 9.68. The van der Waals surface area contributed by atoms with Crippen LogP contribution in [-0.4, -0.2) is 34.8 Å². The molecule has 3 heteroatoms. The van der Waals surface area contributed by atoms with Crippen molar-refractivity contribution in [3.8, 4) is 0 Å². The maximum atomic E-state index is 4.24. The molecule has 74 valence electrons. The Kier molecular flexibility index (Phi) is 3.96. The third kappa shape index (κ3) is 3.59. The molecule has 0 N–H and O–H groups in total. The second-order valence-corrected chi connectivity index (χ2v) is 3.53. The largest absolute Gasteiger partial charge is 0.307 e. The van der Waals surface area contributed by atoms with E-state index in [-0.39, 0.29) is 0 Å². The lowest BCUT2D eigenvalue weighted by atomic mass is 10.4. The number of hydrogen-bond acceptors (Lipinski definition) is 2. The summed E-state index contributed by atoms with van der Waals surface area (Å²) in [6.45, 7) is 7.55. The summed E-state index contributed by atoms with van der Waals surface area (Å²) in [6.07, 6.45) is 5.17. The van der Waals surface area contributed by atoms with E-state index in [1.807, 2.05) is 10.9 Å². The fourth-order valence-corrected chi connectivity index (χ4v) is 1.25.